The molecule has 3 rings (SSSR count). The van der Waals surface area contributed by atoms with Gasteiger partial charge >= 0.3 is 0 Å². The number of hydrogen-bond donors (Lipinski definition) is 2. The number of benzene rings is 1. The van der Waals surface area contributed by atoms with Crippen molar-refractivity contribution in [3.05, 3.63) is 35.8 Å². The van der Waals surface area contributed by atoms with E-state index in [1.807, 2.05) is 4.90 Å². The first-order valence-electron chi connectivity index (χ1n) is 8.48. The standard InChI is InChI=1S/C18H22FN3O2/c19-14-6-4-7-15-13(14)12-16(21-15)18(24)20-9-5-11-22-10-3-1-2-8-17(22)23/h4,6-7,12,21H,1-3,5,8-11H2,(H,20,24). The Morgan fingerprint density at radius 3 is 3.00 bits per heavy atom. The van der Waals surface area contributed by atoms with Gasteiger partial charge < -0.3 is 15.2 Å². The van der Waals surface area contributed by atoms with Crippen LogP contribution in [0.15, 0.2) is 24.3 Å². The Morgan fingerprint density at radius 2 is 2.17 bits per heavy atom. The second-order valence-electron chi connectivity index (χ2n) is 6.18. The second kappa shape index (κ2) is 7.47. The number of fused-ring (bicyclic) bond motifs is 1. The van der Waals surface area contributed by atoms with Gasteiger partial charge in [0.05, 0.1) is 0 Å². The number of carbonyl (C=O) groups excluding carboxylic acids is 2. The van der Waals surface area contributed by atoms with Crippen LogP contribution in [0.1, 0.15) is 42.6 Å². The van der Waals surface area contributed by atoms with Crippen LogP contribution in [-0.2, 0) is 4.79 Å². The molecule has 2 amide bonds. The average Bonchev–Trinajstić information content (AvgIpc) is 2.91. The van der Waals surface area contributed by atoms with Crippen LogP contribution < -0.4 is 5.32 Å². The number of carbonyl (C=O) groups is 2. The van der Waals surface area contributed by atoms with E-state index < -0.39 is 0 Å². The molecule has 5 nitrogen and oxygen atoms in total. The first kappa shape index (κ1) is 16.5. The number of H-pyrrole nitrogens is 1. The van der Waals surface area contributed by atoms with Gasteiger partial charge in [-0.05, 0) is 37.5 Å². The molecular formula is C18H22FN3O2. The van der Waals surface area contributed by atoms with Crippen molar-refractivity contribution in [1.82, 2.24) is 15.2 Å². The smallest absolute Gasteiger partial charge is 0.267 e. The molecule has 1 saturated heterocycles. The normalized spacial score (nSPS) is 15.5. The monoisotopic (exact) mass is 331 g/mol. The van der Waals surface area contributed by atoms with Crippen LogP contribution in [0.3, 0.4) is 0 Å². The molecule has 0 aliphatic carbocycles. The Kier molecular flexibility index (Phi) is 5.13. The molecule has 0 unspecified atom stereocenters. The summed E-state index contributed by atoms with van der Waals surface area (Å²) in [5.74, 6) is -0.389. The van der Waals surface area contributed by atoms with Gasteiger partial charge in [0.15, 0.2) is 0 Å². The Balaban J connectivity index is 1.50. The molecule has 0 saturated carbocycles. The molecule has 24 heavy (non-hydrogen) atoms. The Morgan fingerprint density at radius 1 is 1.29 bits per heavy atom. The van der Waals surface area contributed by atoms with Gasteiger partial charge in [0, 0.05) is 37.0 Å². The molecule has 0 spiro atoms. The van der Waals surface area contributed by atoms with E-state index in [1.54, 1.807) is 12.1 Å². The van der Waals surface area contributed by atoms with Gasteiger partial charge in [0.2, 0.25) is 5.91 Å². The molecule has 1 fully saturated rings. The van der Waals surface area contributed by atoms with Crippen molar-refractivity contribution in [2.24, 2.45) is 0 Å². The molecule has 1 aliphatic heterocycles. The molecule has 0 radical (unpaired) electrons. The van der Waals surface area contributed by atoms with E-state index in [1.165, 1.54) is 12.1 Å². The lowest BCUT2D eigenvalue weighted by Gasteiger charge is -2.20. The van der Waals surface area contributed by atoms with E-state index in [4.69, 9.17) is 0 Å². The first-order chi connectivity index (χ1) is 11.6. The minimum atomic E-state index is -0.345. The number of amides is 2. The van der Waals surface area contributed by atoms with Crippen LogP contribution in [0.5, 0.6) is 0 Å². The maximum atomic E-state index is 13.7. The summed E-state index contributed by atoms with van der Waals surface area (Å²) in [6.07, 6.45) is 4.48. The lowest BCUT2D eigenvalue weighted by molar-refractivity contribution is -0.130. The lowest BCUT2D eigenvalue weighted by atomic mass is 10.2. The fraction of sp³-hybridized carbons (Fsp3) is 0.444. The summed E-state index contributed by atoms with van der Waals surface area (Å²) in [6, 6.07) is 6.24. The van der Waals surface area contributed by atoms with E-state index in [2.05, 4.69) is 10.3 Å². The molecule has 128 valence electrons. The van der Waals surface area contributed by atoms with Crippen molar-refractivity contribution in [1.29, 1.82) is 0 Å². The van der Waals surface area contributed by atoms with Gasteiger partial charge in [-0.15, -0.1) is 0 Å². The van der Waals surface area contributed by atoms with Crippen LogP contribution in [0.4, 0.5) is 4.39 Å². The predicted octanol–water partition coefficient (Wildman–Crippen LogP) is 2.83. The van der Waals surface area contributed by atoms with E-state index >= 15 is 0 Å². The highest BCUT2D eigenvalue weighted by molar-refractivity contribution is 5.98. The van der Waals surface area contributed by atoms with Crippen LogP contribution in [0.2, 0.25) is 0 Å². The fourth-order valence-corrected chi connectivity index (χ4v) is 3.08. The summed E-state index contributed by atoms with van der Waals surface area (Å²) in [6.45, 7) is 1.97. The van der Waals surface area contributed by atoms with E-state index in [0.29, 0.717) is 42.5 Å². The zero-order valence-electron chi connectivity index (χ0n) is 13.6. The molecule has 0 atom stereocenters. The van der Waals surface area contributed by atoms with Gasteiger partial charge in [-0.25, -0.2) is 4.39 Å². The summed E-state index contributed by atoms with van der Waals surface area (Å²) in [7, 11) is 0. The number of nitrogens with one attached hydrogen (secondary N) is 2. The van der Waals surface area contributed by atoms with Crippen molar-refractivity contribution in [2.75, 3.05) is 19.6 Å². The highest BCUT2D eigenvalue weighted by atomic mass is 19.1. The highest BCUT2D eigenvalue weighted by Crippen LogP contribution is 2.18. The summed E-state index contributed by atoms with van der Waals surface area (Å²) >= 11 is 0. The van der Waals surface area contributed by atoms with Gasteiger partial charge in [-0.1, -0.05) is 12.5 Å². The molecule has 2 heterocycles. The maximum Gasteiger partial charge on any atom is 0.267 e. The van der Waals surface area contributed by atoms with Crippen molar-refractivity contribution in [3.8, 4) is 0 Å². The van der Waals surface area contributed by atoms with Crippen LogP contribution in [-0.4, -0.2) is 41.3 Å². The van der Waals surface area contributed by atoms with Gasteiger partial charge in [0.1, 0.15) is 11.5 Å². The Hall–Kier alpha value is -2.37. The topological polar surface area (TPSA) is 65.2 Å². The molecule has 1 aromatic carbocycles. The minimum Gasteiger partial charge on any atom is -0.351 e. The van der Waals surface area contributed by atoms with Crippen LogP contribution in [0, 0.1) is 5.82 Å². The number of aromatic nitrogens is 1. The van der Waals surface area contributed by atoms with Gasteiger partial charge in [0.25, 0.3) is 5.91 Å². The summed E-state index contributed by atoms with van der Waals surface area (Å²) < 4.78 is 13.7. The summed E-state index contributed by atoms with van der Waals surface area (Å²) in [4.78, 5) is 28.9. The Bertz CT molecular complexity index is 741. The number of nitrogens with zero attached hydrogens (tertiary/aromatic N) is 1. The quantitative estimate of drug-likeness (QED) is 0.828. The van der Waals surface area contributed by atoms with Crippen molar-refractivity contribution in [3.63, 3.8) is 0 Å². The summed E-state index contributed by atoms with van der Waals surface area (Å²) in [5, 5.41) is 3.23. The molecule has 6 heteroatoms. The van der Waals surface area contributed by atoms with Gasteiger partial charge in [-0.3, -0.25) is 9.59 Å². The van der Waals surface area contributed by atoms with Crippen LogP contribution >= 0.6 is 0 Å². The third-order valence-electron chi connectivity index (χ3n) is 4.42. The van der Waals surface area contributed by atoms with Crippen molar-refractivity contribution >= 4 is 22.7 Å². The van der Waals surface area contributed by atoms with Crippen LogP contribution in [0.25, 0.3) is 10.9 Å². The largest absolute Gasteiger partial charge is 0.351 e. The second-order valence-corrected chi connectivity index (χ2v) is 6.18. The number of likely N-dealkylation sites (tertiary alicyclic amines) is 1. The number of rotatable bonds is 5. The molecular weight excluding hydrogens is 309 g/mol. The zero-order chi connectivity index (χ0) is 16.9. The molecule has 2 N–H and O–H groups in total. The third-order valence-corrected chi connectivity index (χ3v) is 4.42. The van der Waals surface area contributed by atoms with E-state index in [0.717, 1.165) is 25.8 Å². The average molecular weight is 331 g/mol. The maximum absolute atomic E-state index is 13.7. The summed E-state index contributed by atoms with van der Waals surface area (Å²) in [5.41, 5.74) is 0.955. The predicted molar refractivity (Wildman–Crippen MR) is 90.3 cm³/mol. The van der Waals surface area contributed by atoms with Gasteiger partial charge in [-0.2, -0.15) is 0 Å². The minimum absolute atomic E-state index is 0.213. The molecule has 1 aromatic heterocycles. The number of halogens is 1. The van der Waals surface area contributed by atoms with Crippen molar-refractivity contribution < 1.29 is 14.0 Å². The van der Waals surface area contributed by atoms with Crippen molar-refractivity contribution in [2.45, 2.75) is 32.1 Å². The molecule has 2 aromatic rings. The zero-order valence-corrected chi connectivity index (χ0v) is 13.6. The van der Waals surface area contributed by atoms with E-state index in [-0.39, 0.29) is 17.6 Å². The first-order valence-corrected chi connectivity index (χ1v) is 8.48. The molecule has 0 bridgehead atoms. The number of hydrogen-bond acceptors (Lipinski definition) is 2. The molecule has 1 aliphatic rings. The SMILES string of the molecule is O=C(NCCCN1CCCCCC1=O)c1cc2c(F)cccc2[nH]1. The fourth-order valence-electron chi connectivity index (χ4n) is 3.08. The van der Waals surface area contributed by atoms with E-state index in [9.17, 15) is 14.0 Å². The third kappa shape index (κ3) is 3.75. The Labute approximate surface area is 140 Å². The lowest BCUT2D eigenvalue weighted by Crippen LogP contribution is -2.34. The highest BCUT2D eigenvalue weighted by Gasteiger charge is 2.16. The number of aromatic amines is 1.